The summed E-state index contributed by atoms with van der Waals surface area (Å²) in [5, 5.41) is 0. The topological polar surface area (TPSA) is 54.0 Å². The Labute approximate surface area is 167 Å². The Bertz CT molecular complexity index is 865. The van der Waals surface area contributed by atoms with Crippen molar-refractivity contribution < 1.29 is 23.7 Å². The van der Waals surface area contributed by atoms with E-state index in [2.05, 4.69) is 13.8 Å². The summed E-state index contributed by atoms with van der Waals surface area (Å²) in [6, 6.07) is 8.90. The number of aryl methyl sites for hydroxylation is 1. The van der Waals surface area contributed by atoms with E-state index in [-0.39, 0.29) is 11.4 Å². The van der Waals surface area contributed by atoms with E-state index in [1.165, 1.54) is 21.3 Å². The van der Waals surface area contributed by atoms with Crippen LogP contribution >= 0.6 is 0 Å². The third-order valence-electron chi connectivity index (χ3n) is 5.06. The molecule has 2 aromatic rings. The van der Waals surface area contributed by atoms with E-state index in [1.807, 2.05) is 12.1 Å². The fourth-order valence-electron chi connectivity index (χ4n) is 3.42. The zero-order chi connectivity index (χ0) is 20.5. The molecular formula is C22H25BO5. The number of rotatable bonds is 6. The van der Waals surface area contributed by atoms with Crippen molar-refractivity contribution in [3.8, 4) is 23.0 Å². The molecule has 1 aliphatic heterocycles. The van der Waals surface area contributed by atoms with Gasteiger partial charge in [-0.05, 0) is 68.1 Å². The zero-order valence-corrected chi connectivity index (χ0v) is 17.0. The molecule has 5 nitrogen and oxygen atoms in total. The molecule has 0 amide bonds. The second kappa shape index (κ2) is 7.78. The first-order valence-corrected chi connectivity index (χ1v) is 9.21. The molecule has 0 fully saturated rings. The summed E-state index contributed by atoms with van der Waals surface area (Å²) in [6.45, 7) is 4.13. The number of methoxy groups -OCH3 is 3. The van der Waals surface area contributed by atoms with Gasteiger partial charge in [-0.15, -0.1) is 0 Å². The summed E-state index contributed by atoms with van der Waals surface area (Å²) in [5.41, 5.74) is 1.99. The Hall–Kier alpha value is -2.63. The summed E-state index contributed by atoms with van der Waals surface area (Å²) in [7, 11) is 10.9. The number of fused-ring (bicyclic) bond motifs is 1. The van der Waals surface area contributed by atoms with Crippen molar-refractivity contribution in [2.24, 2.45) is 0 Å². The van der Waals surface area contributed by atoms with Crippen LogP contribution in [0.3, 0.4) is 0 Å². The summed E-state index contributed by atoms with van der Waals surface area (Å²) in [4.78, 5) is 13.0. The van der Waals surface area contributed by atoms with Crippen LogP contribution in [0, 0.1) is 0 Å². The molecule has 2 radical (unpaired) electrons. The molecule has 3 rings (SSSR count). The standard InChI is InChI=1S/C22H25BO5/c1-22(2)9-8-13-10-14(6-7-16(13)28-22)20(24)19(23)15-11-17(25-3)21(27-5)18(12-15)26-4/h6-7,10-12,19H,8-9H2,1-5H3. The van der Waals surface area contributed by atoms with Crippen LogP contribution in [-0.4, -0.2) is 40.6 Å². The lowest BCUT2D eigenvalue weighted by molar-refractivity contribution is 0.0846. The molecule has 0 bridgehead atoms. The van der Waals surface area contributed by atoms with Gasteiger partial charge in [-0.1, -0.05) is 0 Å². The first-order valence-electron chi connectivity index (χ1n) is 9.21. The van der Waals surface area contributed by atoms with Crippen LogP contribution in [0.2, 0.25) is 0 Å². The number of ketones is 1. The van der Waals surface area contributed by atoms with Gasteiger partial charge in [0.15, 0.2) is 17.3 Å². The third kappa shape index (κ3) is 3.82. The highest BCUT2D eigenvalue weighted by atomic mass is 16.5. The van der Waals surface area contributed by atoms with Gasteiger partial charge < -0.3 is 18.9 Å². The highest BCUT2D eigenvalue weighted by Crippen LogP contribution is 2.40. The lowest BCUT2D eigenvalue weighted by Crippen LogP contribution is -2.32. The van der Waals surface area contributed by atoms with Gasteiger partial charge in [-0.25, -0.2) is 0 Å². The van der Waals surface area contributed by atoms with E-state index in [0.717, 1.165) is 24.2 Å². The van der Waals surface area contributed by atoms with Gasteiger partial charge >= 0.3 is 0 Å². The van der Waals surface area contributed by atoms with Crippen molar-refractivity contribution in [2.75, 3.05) is 21.3 Å². The highest BCUT2D eigenvalue weighted by molar-refractivity contribution is 6.28. The minimum atomic E-state index is -0.854. The van der Waals surface area contributed by atoms with Gasteiger partial charge in [-0.3, -0.25) is 4.79 Å². The number of benzene rings is 2. The Morgan fingerprint density at radius 2 is 1.71 bits per heavy atom. The lowest BCUT2D eigenvalue weighted by Gasteiger charge is -2.32. The molecule has 0 saturated heterocycles. The molecule has 28 heavy (non-hydrogen) atoms. The van der Waals surface area contributed by atoms with Crippen molar-refractivity contribution in [1.29, 1.82) is 0 Å². The molecule has 1 heterocycles. The van der Waals surface area contributed by atoms with Gasteiger partial charge in [-0.2, -0.15) is 0 Å². The zero-order valence-electron chi connectivity index (χ0n) is 17.0. The number of Topliss-reactive ketones (excluding diaryl/α,β-unsaturated/α-hetero) is 1. The Morgan fingerprint density at radius 3 is 2.29 bits per heavy atom. The van der Waals surface area contributed by atoms with Crippen molar-refractivity contribution in [1.82, 2.24) is 0 Å². The SMILES string of the molecule is [B]C(C(=O)c1ccc2c(c1)CCC(C)(C)O2)c1cc(OC)c(OC)c(OC)c1. The molecule has 0 spiro atoms. The van der Waals surface area contributed by atoms with Crippen LogP contribution in [0.1, 0.15) is 47.6 Å². The maximum absolute atomic E-state index is 13.0. The van der Waals surface area contributed by atoms with E-state index in [4.69, 9.17) is 26.8 Å². The highest BCUT2D eigenvalue weighted by Gasteiger charge is 2.28. The molecule has 0 N–H and O–H groups in total. The van der Waals surface area contributed by atoms with Crippen LogP contribution in [0.4, 0.5) is 0 Å². The lowest BCUT2D eigenvalue weighted by atomic mass is 9.75. The van der Waals surface area contributed by atoms with Gasteiger partial charge in [0.05, 0.1) is 29.2 Å². The van der Waals surface area contributed by atoms with Crippen molar-refractivity contribution in [3.05, 3.63) is 47.0 Å². The first kappa shape index (κ1) is 20.1. The number of carbonyl (C=O) groups excluding carboxylic acids is 1. The molecule has 146 valence electrons. The molecule has 1 unspecified atom stereocenters. The predicted molar refractivity (Wildman–Crippen MR) is 108 cm³/mol. The molecule has 2 aromatic carbocycles. The average molecular weight is 380 g/mol. The van der Waals surface area contributed by atoms with Crippen molar-refractivity contribution in [2.45, 2.75) is 38.1 Å². The summed E-state index contributed by atoms with van der Waals surface area (Å²) < 4.78 is 22.0. The Morgan fingerprint density at radius 1 is 1.07 bits per heavy atom. The molecule has 0 saturated carbocycles. The fourth-order valence-corrected chi connectivity index (χ4v) is 3.42. The van der Waals surface area contributed by atoms with Crippen LogP contribution in [-0.2, 0) is 6.42 Å². The smallest absolute Gasteiger partial charge is 0.203 e. The molecule has 1 atom stereocenters. The largest absolute Gasteiger partial charge is 0.493 e. The van der Waals surface area contributed by atoms with Gasteiger partial charge in [0.2, 0.25) is 5.75 Å². The fraction of sp³-hybridized carbons (Fsp3) is 0.409. The first-order chi connectivity index (χ1) is 13.3. The maximum Gasteiger partial charge on any atom is 0.203 e. The second-order valence-electron chi connectivity index (χ2n) is 7.48. The number of ether oxygens (including phenoxy) is 4. The molecular weight excluding hydrogens is 355 g/mol. The second-order valence-corrected chi connectivity index (χ2v) is 7.48. The molecule has 0 aliphatic carbocycles. The van der Waals surface area contributed by atoms with E-state index in [1.54, 1.807) is 18.2 Å². The van der Waals surface area contributed by atoms with E-state index < -0.39 is 5.82 Å². The quantitative estimate of drug-likeness (QED) is 0.562. The number of carbonyl (C=O) groups is 1. The third-order valence-corrected chi connectivity index (χ3v) is 5.06. The summed E-state index contributed by atoms with van der Waals surface area (Å²) in [5.74, 6) is 1.17. The number of hydrogen-bond donors (Lipinski definition) is 0. The predicted octanol–water partition coefficient (Wildman–Crippen LogP) is 3.91. The Balaban J connectivity index is 1.91. The van der Waals surface area contributed by atoms with E-state index in [9.17, 15) is 4.79 Å². The minimum Gasteiger partial charge on any atom is -0.493 e. The van der Waals surface area contributed by atoms with E-state index >= 15 is 0 Å². The van der Waals surface area contributed by atoms with Crippen LogP contribution in [0.25, 0.3) is 0 Å². The maximum atomic E-state index is 13.0. The summed E-state index contributed by atoms with van der Waals surface area (Å²) >= 11 is 0. The monoisotopic (exact) mass is 380 g/mol. The molecule has 1 aliphatic rings. The van der Waals surface area contributed by atoms with Crippen molar-refractivity contribution >= 4 is 13.6 Å². The normalized spacial score (nSPS) is 15.8. The van der Waals surface area contributed by atoms with E-state index in [0.29, 0.717) is 28.4 Å². The van der Waals surface area contributed by atoms with Gasteiger partial charge in [0, 0.05) is 11.4 Å². The molecule has 6 heteroatoms. The van der Waals surface area contributed by atoms with Crippen LogP contribution < -0.4 is 18.9 Å². The molecule has 0 aromatic heterocycles. The Kier molecular flexibility index (Phi) is 5.59. The van der Waals surface area contributed by atoms with Crippen LogP contribution in [0.15, 0.2) is 30.3 Å². The van der Waals surface area contributed by atoms with Crippen LogP contribution in [0.5, 0.6) is 23.0 Å². The van der Waals surface area contributed by atoms with Gasteiger partial charge in [0.25, 0.3) is 0 Å². The average Bonchev–Trinajstić information content (AvgIpc) is 2.70. The number of hydrogen-bond acceptors (Lipinski definition) is 5. The minimum absolute atomic E-state index is 0.179. The van der Waals surface area contributed by atoms with Crippen molar-refractivity contribution in [3.63, 3.8) is 0 Å². The van der Waals surface area contributed by atoms with Gasteiger partial charge in [0.1, 0.15) is 11.4 Å². The summed E-state index contributed by atoms with van der Waals surface area (Å²) in [6.07, 6.45) is 1.76.